The maximum atomic E-state index is 16.0. The van der Waals surface area contributed by atoms with Crippen LogP contribution in [0.2, 0.25) is 5.02 Å². The van der Waals surface area contributed by atoms with E-state index in [1.165, 1.54) is 36.7 Å². The summed E-state index contributed by atoms with van der Waals surface area (Å²) in [5.41, 5.74) is -0.0387. The van der Waals surface area contributed by atoms with E-state index >= 15 is 4.39 Å². The Bertz CT molecular complexity index is 2000. The number of para-hydroxylation sites is 1. The van der Waals surface area contributed by atoms with Crippen molar-refractivity contribution in [1.29, 1.82) is 0 Å². The van der Waals surface area contributed by atoms with E-state index in [4.69, 9.17) is 16.3 Å². The maximum Gasteiger partial charge on any atom is 0.355 e. The average molecular weight is 639 g/mol. The van der Waals surface area contributed by atoms with Gasteiger partial charge in [-0.3, -0.25) is 9.78 Å². The van der Waals surface area contributed by atoms with Crippen molar-refractivity contribution in [2.75, 3.05) is 44.0 Å². The van der Waals surface area contributed by atoms with Crippen LogP contribution in [0.5, 0.6) is 0 Å². The van der Waals surface area contributed by atoms with Crippen LogP contribution in [0.1, 0.15) is 18.4 Å². The first-order valence-electron chi connectivity index (χ1n) is 13.8. The van der Waals surface area contributed by atoms with Crippen LogP contribution in [0.15, 0.2) is 65.1 Å². The van der Waals surface area contributed by atoms with Gasteiger partial charge in [0.1, 0.15) is 17.3 Å². The summed E-state index contributed by atoms with van der Waals surface area (Å²) >= 11 is 6.38. The number of anilines is 1. The zero-order valence-corrected chi connectivity index (χ0v) is 25.5. The molecule has 1 aromatic carbocycles. The lowest BCUT2D eigenvalue weighted by atomic mass is 9.95. The third-order valence-electron chi connectivity index (χ3n) is 7.95. The molecule has 44 heavy (non-hydrogen) atoms. The molecule has 0 saturated carbocycles. The van der Waals surface area contributed by atoms with Crippen molar-refractivity contribution in [1.82, 2.24) is 24.4 Å². The molecule has 2 fully saturated rings. The van der Waals surface area contributed by atoms with Crippen molar-refractivity contribution in [3.05, 3.63) is 82.3 Å². The number of halogens is 2. The minimum absolute atomic E-state index is 0.00123. The van der Waals surface area contributed by atoms with E-state index in [1.54, 1.807) is 17.0 Å². The predicted octanol–water partition coefficient (Wildman–Crippen LogP) is 3.38. The Labute approximate surface area is 257 Å². The number of fused-ring (bicyclic) bond motifs is 1. The van der Waals surface area contributed by atoms with Gasteiger partial charge in [-0.25, -0.2) is 27.2 Å². The Balaban J connectivity index is 1.67. The number of nitrogens with zero attached hydrogens (tertiary/aromatic N) is 6. The standard InChI is InChI=1S/C30H28ClFN6O5S/c1-4-25(39)36-10-11-37(17(2)14-36)28-21-12-23(32)26(20-8-9-33-13-22(20)31)34-29(21)38(30(40)35-28)27-19(18-15-43-16-18)6-5-7-24(27)44(3,41)42/h4-9,12-13,17-18H,1,10-11,14-16H2,2-3H3/t17-/m0/s1. The minimum atomic E-state index is -3.86. The fraction of sp³-hybridized carbons (Fsp3) is 0.300. The third kappa shape index (κ3) is 5.14. The van der Waals surface area contributed by atoms with Crippen molar-refractivity contribution in [3.63, 3.8) is 0 Å². The second-order valence-electron chi connectivity index (χ2n) is 10.8. The normalized spacial score (nSPS) is 17.5. The number of rotatable bonds is 6. The average Bonchev–Trinajstić information content (AvgIpc) is 2.95. The first-order valence-corrected chi connectivity index (χ1v) is 16.1. The van der Waals surface area contributed by atoms with Crippen LogP contribution in [0.4, 0.5) is 10.2 Å². The van der Waals surface area contributed by atoms with E-state index in [1.807, 2.05) is 11.8 Å². The van der Waals surface area contributed by atoms with Gasteiger partial charge < -0.3 is 14.5 Å². The molecule has 1 atom stereocenters. The number of aromatic nitrogens is 4. The summed E-state index contributed by atoms with van der Waals surface area (Å²) in [6.45, 7) is 7.04. The summed E-state index contributed by atoms with van der Waals surface area (Å²) < 4.78 is 48.7. The summed E-state index contributed by atoms with van der Waals surface area (Å²) in [6.07, 6.45) is 5.10. The lowest BCUT2D eigenvalue weighted by Crippen LogP contribution is -2.54. The second-order valence-corrected chi connectivity index (χ2v) is 13.2. The SMILES string of the molecule is C=CC(=O)N1CCN(c2nc(=O)n(-c3c(C4COC4)cccc3S(C)(=O)=O)c3nc(-c4ccncc4Cl)c(F)cc23)[C@@H](C)C1. The number of amides is 1. The number of ether oxygens (including phenoxy) is 1. The van der Waals surface area contributed by atoms with Crippen LogP contribution in [0.25, 0.3) is 28.0 Å². The summed E-state index contributed by atoms with van der Waals surface area (Å²) in [5, 5.41) is 0.326. The quantitative estimate of drug-likeness (QED) is 0.292. The molecule has 0 N–H and O–H groups in total. The lowest BCUT2D eigenvalue weighted by Gasteiger charge is -2.40. The molecule has 0 radical (unpaired) electrons. The molecular weight excluding hydrogens is 611 g/mol. The van der Waals surface area contributed by atoms with Gasteiger partial charge in [-0.1, -0.05) is 30.3 Å². The molecule has 3 aromatic heterocycles. The Kier molecular flexibility index (Phi) is 7.72. The van der Waals surface area contributed by atoms with Crippen molar-refractivity contribution in [2.24, 2.45) is 0 Å². The van der Waals surface area contributed by atoms with Gasteiger partial charge >= 0.3 is 5.69 Å². The number of hydrogen-bond donors (Lipinski definition) is 0. The highest BCUT2D eigenvalue weighted by Gasteiger charge is 2.33. The van der Waals surface area contributed by atoms with Crippen LogP contribution in [0, 0.1) is 5.82 Å². The van der Waals surface area contributed by atoms with Gasteiger partial charge in [-0.2, -0.15) is 4.98 Å². The van der Waals surface area contributed by atoms with E-state index in [0.717, 1.165) is 10.8 Å². The molecule has 6 rings (SSSR count). The Morgan fingerprint density at radius 1 is 1.20 bits per heavy atom. The molecule has 2 saturated heterocycles. The second kappa shape index (κ2) is 11.4. The molecule has 0 unspecified atom stereocenters. The molecule has 11 nitrogen and oxygen atoms in total. The molecule has 1 amide bonds. The van der Waals surface area contributed by atoms with Crippen molar-refractivity contribution in [2.45, 2.75) is 23.8 Å². The topological polar surface area (TPSA) is 128 Å². The number of carbonyl (C=O) groups is 1. The predicted molar refractivity (Wildman–Crippen MR) is 164 cm³/mol. The lowest BCUT2D eigenvalue weighted by molar-refractivity contribution is -0.126. The zero-order valence-electron chi connectivity index (χ0n) is 23.9. The number of carbonyl (C=O) groups excluding carboxylic acids is 1. The highest BCUT2D eigenvalue weighted by molar-refractivity contribution is 7.90. The van der Waals surface area contributed by atoms with Crippen molar-refractivity contribution in [3.8, 4) is 16.9 Å². The Morgan fingerprint density at radius 3 is 2.61 bits per heavy atom. The van der Waals surface area contributed by atoms with Gasteiger partial charge in [-0.05, 0) is 36.8 Å². The number of pyridine rings is 2. The highest BCUT2D eigenvalue weighted by atomic mass is 35.5. The van der Waals surface area contributed by atoms with E-state index < -0.39 is 21.3 Å². The molecule has 0 bridgehead atoms. The summed E-state index contributed by atoms with van der Waals surface area (Å²) in [6, 6.07) is 7.21. The summed E-state index contributed by atoms with van der Waals surface area (Å²) in [7, 11) is -3.86. The maximum absolute atomic E-state index is 16.0. The van der Waals surface area contributed by atoms with E-state index in [9.17, 15) is 18.0 Å². The largest absolute Gasteiger partial charge is 0.380 e. The smallest absolute Gasteiger partial charge is 0.355 e. The number of piperazine rings is 1. The molecule has 0 aliphatic carbocycles. The number of hydrogen-bond acceptors (Lipinski definition) is 9. The Morgan fingerprint density at radius 2 is 1.98 bits per heavy atom. The summed E-state index contributed by atoms with van der Waals surface area (Å²) in [5.74, 6) is -0.959. The van der Waals surface area contributed by atoms with Gasteiger partial charge in [0.2, 0.25) is 5.91 Å². The van der Waals surface area contributed by atoms with E-state index in [0.29, 0.717) is 38.4 Å². The van der Waals surface area contributed by atoms with Crippen molar-refractivity contribution >= 4 is 44.2 Å². The zero-order chi connectivity index (χ0) is 31.3. The van der Waals surface area contributed by atoms with Gasteiger partial charge in [0.05, 0.1) is 34.2 Å². The van der Waals surface area contributed by atoms with Crippen LogP contribution >= 0.6 is 11.6 Å². The first-order chi connectivity index (χ1) is 21.0. The molecule has 5 heterocycles. The van der Waals surface area contributed by atoms with Crippen molar-refractivity contribution < 1.29 is 22.3 Å². The van der Waals surface area contributed by atoms with Gasteiger partial charge in [-0.15, -0.1) is 0 Å². The number of benzene rings is 1. The molecule has 2 aliphatic heterocycles. The van der Waals surface area contributed by atoms with Crippen LogP contribution in [-0.4, -0.2) is 83.9 Å². The van der Waals surface area contributed by atoms with Crippen LogP contribution in [-0.2, 0) is 19.4 Å². The van der Waals surface area contributed by atoms with Gasteiger partial charge in [0, 0.05) is 55.8 Å². The fourth-order valence-corrected chi connectivity index (χ4v) is 6.80. The minimum Gasteiger partial charge on any atom is -0.380 e. The fourth-order valence-electron chi connectivity index (χ4n) is 5.71. The van der Waals surface area contributed by atoms with Crippen LogP contribution in [0.3, 0.4) is 0 Å². The molecular formula is C30H28ClFN6O5S. The molecule has 0 spiro atoms. The van der Waals surface area contributed by atoms with Gasteiger partial charge in [0.15, 0.2) is 15.5 Å². The van der Waals surface area contributed by atoms with Crippen LogP contribution < -0.4 is 10.6 Å². The van der Waals surface area contributed by atoms with E-state index in [-0.39, 0.29) is 61.6 Å². The molecule has 2 aliphatic rings. The molecule has 14 heteroatoms. The van der Waals surface area contributed by atoms with E-state index in [2.05, 4.69) is 21.5 Å². The summed E-state index contributed by atoms with van der Waals surface area (Å²) in [4.78, 5) is 42.8. The highest BCUT2D eigenvalue weighted by Crippen LogP contribution is 2.37. The van der Waals surface area contributed by atoms with Gasteiger partial charge in [0.25, 0.3) is 0 Å². The monoisotopic (exact) mass is 638 g/mol. The molecule has 228 valence electrons. The number of sulfone groups is 1. The Hall–Kier alpha value is -4.20. The third-order valence-corrected chi connectivity index (χ3v) is 9.38. The first kappa shape index (κ1) is 29.9. The molecule has 4 aromatic rings.